The number of nitrogens with zero attached hydrogens (tertiary/aromatic N) is 1. The van der Waals surface area contributed by atoms with Crippen LogP contribution < -0.4 is 16.6 Å². The Hall–Kier alpha value is -2.04. The highest BCUT2D eigenvalue weighted by molar-refractivity contribution is 5.88. The van der Waals surface area contributed by atoms with Crippen molar-refractivity contribution in [2.75, 3.05) is 11.1 Å². The Labute approximate surface area is 105 Å². The van der Waals surface area contributed by atoms with Crippen LogP contribution in [0.5, 0.6) is 0 Å². The first-order chi connectivity index (χ1) is 8.61. The number of hydrogen-bond donors (Lipinski definition) is 3. The van der Waals surface area contributed by atoms with Gasteiger partial charge in [0.2, 0.25) is 0 Å². The molecule has 1 aromatic carbocycles. The first kappa shape index (κ1) is 12.4. The zero-order valence-electron chi connectivity index (χ0n) is 10.7. The van der Waals surface area contributed by atoms with Gasteiger partial charge in [0.25, 0.3) is 5.56 Å². The smallest absolute Gasteiger partial charge is 0.258 e. The molecular formula is C13H18N4O. The van der Waals surface area contributed by atoms with Crippen LogP contribution in [0.25, 0.3) is 10.9 Å². The number of nitrogens with one attached hydrogen (secondary N) is 2. The van der Waals surface area contributed by atoms with Crippen LogP contribution in [-0.2, 0) is 0 Å². The van der Waals surface area contributed by atoms with Crippen molar-refractivity contribution < 1.29 is 0 Å². The third kappa shape index (κ3) is 2.45. The molecule has 5 heteroatoms. The molecule has 1 heterocycles. The molecule has 2 rings (SSSR count). The van der Waals surface area contributed by atoms with Gasteiger partial charge in [0.15, 0.2) is 0 Å². The van der Waals surface area contributed by atoms with Crippen molar-refractivity contribution in [1.82, 2.24) is 9.97 Å². The fourth-order valence-corrected chi connectivity index (χ4v) is 2.03. The SMILES string of the molecule is CCCC(C)Nc1cc2nc[nH]c(=O)c2cc1N. The molecule has 1 atom stereocenters. The normalized spacial score (nSPS) is 12.6. The van der Waals surface area contributed by atoms with E-state index >= 15 is 0 Å². The third-order valence-corrected chi connectivity index (χ3v) is 2.94. The second-order valence-corrected chi connectivity index (χ2v) is 4.52. The van der Waals surface area contributed by atoms with Crippen LogP contribution in [0, 0.1) is 0 Å². The molecular weight excluding hydrogens is 228 g/mol. The zero-order valence-corrected chi connectivity index (χ0v) is 10.7. The molecule has 0 radical (unpaired) electrons. The lowest BCUT2D eigenvalue weighted by atomic mass is 10.1. The summed E-state index contributed by atoms with van der Waals surface area (Å²) in [6.45, 7) is 4.25. The molecule has 0 aliphatic heterocycles. The van der Waals surface area contributed by atoms with Gasteiger partial charge >= 0.3 is 0 Å². The number of nitrogens with two attached hydrogens (primary N) is 1. The van der Waals surface area contributed by atoms with Crippen molar-refractivity contribution in [2.45, 2.75) is 32.7 Å². The number of anilines is 2. The summed E-state index contributed by atoms with van der Waals surface area (Å²) in [5, 5.41) is 3.86. The Morgan fingerprint density at radius 1 is 1.50 bits per heavy atom. The monoisotopic (exact) mass is 246 g/mol. The number of aromatic nitrogens is 2. The quantitative estimate of drug-likeness (QED) is 0.721. The van der Waals surface area contributed by atoms with Crippen molar-refractivity contribution >= 4 is 22.3 Å². The largest absolute Gasteiger partial charge is 0.397 e. The van der Waals surface area contributed by atoms with Gasteiger partial charge in [-0.3, -0.25) is 4.79 Å². The predicted molar refractivity (Wildman–Crippen MR) is 74.8 cm³/mol. The van der Waals surface area contributed by atoms with Gasteiger partial charge in [-0.25, -0.2) is 4.98 Å². The van der Waals surface area contributed by atoms with E-state index in [-0.39, 0.29) is 5.56 Å². The van der Waals surface area contributed by atoms with Gasteiger partial charge in [0.05, 0.1) is 28.6 Å². The summed E-state index contributed by atoms with van der Waals surface area (Å²) in [4.78, 5) is 18.3. The van der Waals surface area contributed by atoms with Crippen LogP contribution >= 0.6 is 0 Å². The average Bonchev–Trinajstić information content (AvgIpc) is 2.32. The lowest BCUT2D eigenvalue weighted by molar-refractivity contribution is 0.691. The third-order valence-electron chi connectivity index (χ3n) is 2.94. The van der Waals surface area contributed by atoms with E-state index in [1.165, 1.54) is 6.33 Å². The Kier molecular flexibility index (Phi) is 3.50. The highest BCUT2D eigenvalue weighted by Gasteiger charge is 2.08. The molecule has 0 saturated heterocycles. The Morgan fingerprint density at radius 3 is 3.00 bits per heavy atom. The van der Waals surface area contributed by atoms with Gasteiger partial charge < -0.3 is 16.0 Å². The van der Waals surface area contributed by atoms with Crippen LogP contribution in [-0.4, -0.2) is 16.0 Å². The number of hydrogen-bond acceptors (Lipinski definition) is 4. The maximum Gasteiger partial charge on any atom is 0.258 e. The van der Waals surface area contributed by atoms with E-state index < -0.39 is 0 Å². The van der Waals surface area contributed by atoms with Crippen molar-refractivity contribution in [3.63, 3.8) is 0 Å². The average molecular weight is 246 g/mol. The van der Waals surface area contributed by atoms with E-state index in [0.29, 0.717) is 22.6 Å². The van der Waals surface area contributed by atoms with Gasteiger partial charge in [-0.1, -0.05) is 13.3 Å². The standard InChI is InChI=1S/C13H18N4O/c1-3-4-8(2)17-12-6-11-9(5-10(12)14)13(18)16-7-15-11/h5-8,17H,3-4,14H2,1-2H3,(H,15,16,18). The molecule has 0 amide bonds. The minimum Gasteiger partial charge on any atom is -0.397 e. The van der Waals surface area contributed by atoms with Crippen LogP contribution in [0.2, 0.25) is 0 Å². The number of fused-ring (bicyclic) bond motifs is 1. The Balaban J connectivity index is 2.41. The van der Waals surface area contributed by atoms with Crippen molar-refractivity contribution in [2.24, 2.45) is 0 Å². The van der Waals surface area contributed by atoms with E-state index in [4.69, 9.17) is 5.73 Å². The minimum absolute atomic E-state index is 0.167. The molecule has 5 nitrogen and oxygen atoms in total. The number of H-pyrrole nitrogens is 1. The second-order valence-electron chi connectivity index (χ2n) is 4.52. The van der Waals surface area contributed by atoms with Crippen LogP contribution in [0.3, 0.4) is 0 Å². The lowest BCUT2D eigenvalue weighted by Gasteiger charge is -2.16. The Bertz CT molecular complexity index is 605. The van der Waals surface area contributed by atoms with E-state index in [0.717, 1.165) is 18.5 Å². The molecule has 1 aromatic heterocycles. The van der Waals surface area contributed by atoms with E-state index in [1.54, 1.807) is 6.07 Å². The molecule has 96 valence electrons. The van der Waals surface area contributed by atoms with Gasteiger partial charge in [0.1, 0.15) is 0 Å². The topological polar surface area (TPSA) is 83.8 Å². The van der Waals surface area contributed by atoms with Gasteiger partial charge in [-0.2, -0.15) is 0 Å². The molecule has 0 aliphatic carbocycles. The van der Waals surface area contributed by atoms with Crippen LogP contribution in [0.1, 0.15) is 26.7 Å². The molecule has 0 saturated carbocycles. The molecule has 2 aromatic rings. The molecule has 0 spiro atoms. The summed E-state index contributed by atoms with van der Waals surface area (Å²) in [6, 6.07) is 3.84. The number of rotatable bonds is 4. The van der Waals surface area contributed by atoms with Gasteiger partial charge in [-0.05, 0) is 25.5 Å². The maximum atomic E-state index is 11.6. The molecule has 0 fully saturated rings. The molecule has 4 N–H and O–H groups in total. The van der Waals surface area contributed by atoms with Crippen LogP contribution in [0.4, 0.5) is 11.4 Å². The van der Waals surface area contributed by atoms with Crippen LogP contribution in [0.15, 0.2) is 23.3 Å². The zero-order chi connectivity index (χ0) is 13.1. The van der Waals surface area contributed by atoms with E-state index in [2.05, 4.69) is 29.1 Å². The fraction of sp³-hybridized carbons (Fsp3) is 0.385. The number of benzene rings is 1. The molecule has 1 unspecified atom stereocenters. The van der Waals surface area contributed by atoms with E-state index in [9.17, 15) is 4.79 Å². The summed E-state index contributed by atoms with van der Waals surface area (Å²) in [5.41, 5.74) is 7.85. The molecule has 0 aliphatic rings. The van der Waals surface area contributed by atoms with Crippen molar-refractivity contribution in [3.05, 3.63) is 28.8 Å². The molecule has 18 heavy (non-hydrogen) atoms. The minimum atomic E-state index is -0.167. The summed E-state index contributed by atoms with van der Waals surface area (Å²) in [7, 11) is 0. The summed E-state index contributed by atoms with van der Waals surface area (Å²) >= 11 is 0. The van der Waals surface area contributed by atoms with Gasteiger partial charge in [-0.15, -0.1) is 0 Å². The lowest BCUT2D eigenvalue weighted by Crippen LogP contribution is -2.16. The summed E-state index contributed by atoms with van der Waals surface area (Å²) in [5.74, 6) is 0. The van der Waals surface area contributed by atoms with Crippen molar-refractivity contribution in [1.29, 1.82) is 0 Å². The van der Waals surface area contributed by atoms with E-state index in [1.807, 2.05) is 6.07 Å². The summed E-state index contributed by atoms with van der Waals surface area (Å²) < 4.78 is 0. The fourth-order valence-electron chi connectivity index (χ4n) is 2.03. The first-order valence-electron chi connectivity index (χ1n) is 6.15. The predicted octanol–water partition coefficient (Wildman–Crippen LogP) is 2.11. The molecule has 0 bridgehead atoms. The highest BCUT2D eigenvalue weighted by atomic mass is 16.1. The summed E-state index contributed by atoms with van der Waals surface area (Å²) in [6.07, 6.45) is 3.58. The first-order valence-corrected chi connectivity index (χ1v) is 6.15. The maximum absolute atomic E-state index is 11.6. The number of nitrogen functional groups attached to an aromatic ring is 1. The van der Waals surface area contributed by atoms with Gasteiger partial charge in [0, 0.05) is 6.04 Å². The second kappa shape index (κ2) is 5.08. The highest BCUT2D eigenvalue weighted by Crippen LogP contribution is 2.24. The van der Waals surface area contributed by atoms with Crippen molar-refractivity contribution in [3.8, 4) is 0 Å². The number of aromatic amines is 1. The Morgan fingerprint density at radius 2 is 2.28 bits per heavy atom.